The minimum atomic E-state index is -0.605. The van der Waals surface area contributed by atoms with Gasteiger partial charge in [-0.25, -0.2) is 4.79 Å². The largest absolute Gasteiger partial charge is 0.463 e. The summed E-state index contributed by atoms with van der Waals surface area (Å²) in [6.45, 7) is 13.4. The van der Waals surface area contributed by atoms with Gasteiger partial charge in [0.2, 0.25) is 0 Å². The predicted octanol–water partition coefficient (Wildman–Crippen LogP) is 5.17. The number of hydrogen-bond acceptors (Lipinski definition) is 9. The molecule has 0 spiro atoms. The highest BCUT2D eigenvalue weighted by molar-refractivity contribution is 5.95. The maximum atomic E-state index is 13.1. The number of anilines is 2. The highest BCUT2D eigenvalue weighted by Gasteiger charge is 2.36. The smallest absolute Gasteiger partial charge is 0.410 e. The quantitative estimate of drug-likeness (QED) is 0.374. The van der Waals surface area contributed by atoms with E-state index in [9.17, 15) is 10.1 Å². The molecule has 10 nitrogen and oxygen atoms in total. The Morgan fingerprint density at radius 1 is 1.07 bits per heavy atom. The van der Waals surface area contributed by atoms with Crippen LogP contribution in [0.5, 0.6) is 6.01 Å². The normalized spacial score (nSPS) is 20.7. The third-order valence-electron chi connectivity index (χ3n) is 9.02. The van der Waals surface area contributed by atoms with Gasteiger partial charge in [-0.1, -0.05) is 30.3 Å². The fraction of sp³-hybridized carbons (Fsp3) is 0.543. The summed E-state index contributed by atoms with van der Waals surface area (Å²) in [5.41, 5.74) is 3.94. The summed E-state index contributed by atoms with van der Waals surface area (Å²) in [5.74, 6) is 1.31. The number of ether oxygens (including phenoxy) is 2. The highest BCUT2D eigenvalue weighted by Crippen LogP contribution is 2.36. The van der Waals surface area contributed by atoms with Crippen LogP contribution in [0.3, 0.4) is 0 Å². The van der Waals surface area contributed by atoms with Gasteiger partial charge in [-0.3, -0.25) is 0 Å². The van der Waals surface area contributed by atoms with Crippen molar-refractivity contribution in [2.45, 2.75) is 65.1 Å². The highest BCUT2D eigenvalue weighted by atomic mass is 16.6. The molecule has 2 atom stereocenters. The van der Waals surface area contributed by atoms with Crippen molar-refractivity contribution in [1.29, 1.82) is 5.26 Å². The standard InChI is InChI=1S/C35H45N7O3/c1-24-18-26-8-6-7-9-28(26)31(19-24)40-15-12-29-30(22-40)37-33(44-23-25-11-14-39(5)20-25)38-32(29)41-16-17-42(27(21-41)10-13-36)34(43)45-35(2,3)4/h6-9,18-19,25,27H,10-12,14-17,20-23H2,1-5H3/t25-,27?/m1/s1. The average Bonchev–Trinajstić information content (AvgIpc) is 3.43. The molecule has 2 fully saturated rings. The maximum Gasteiger partial charge on any atom is 0.410 e. The Balaban J connectivity index is 1.31. The van der Waals surface area contributed by atoms with E-state index in [2.05, 4.69) is 71.1 Å². The molecule has 0 bridgehead atoms. The van der Waals surface area contributed by atoms with Crippen LogP contribution >= 0.6 is 0 Å². The van der Waals surface area contributed by atoms with Gasteiger partial charge in [0, 0.05) is 55.3 Å². The third-order valence-corrected chi connectivity index (χ3v) is 9.02. The number of nitrogens with zero attached hydrogens (tertiary/aromatic N) is 7. The topological polar surface area (TPSA) is 98.1 Å². The number of aromatic nitrogens is 2. The molecule has 1 aromatic heterocycles. The number of piperazine rings is 1. The van der Waals surface area contributed by atoms with E-state index in [-0.39, 0.29) is 18.6 Å². The van der Waals surface area contributed by atoms with Crippen molar-refractivity contribution in [3.8, 4) is 12.1 Å². The minimum Gasteiger partial charge on any atom is -0.463 e. The lowest BCUT2D eigenvalue weighted by Gasteiger charge is -2.42. The van der Waals surface area contributed by atoms with Crippen LogP contribution in [0.25, 0.3) is 10.8 Å². The molecule has 10 heteroatoms. The fourth-order valence-corrected chi connectivity index (χ4v) is 6.86. The van der Waals surface area contributed by atoms with E-state index in [1.54, 1.807) is 4.90 Å². The number of nitriles is 1. The summed E-state index contributed by atoms with van der Waals surface area (Å²) in [7, 11) is 2.14. The lowest BCUT2D eigenvalue weighted by atomic mass is 10.00. The molecule has 0 N–H and O–H groups in total. The summed E-state index contributed by atoms with van der Waals surface area (Å²) in [6, 6.07) is 15.4. The molecule has 3 aromatic rings. The molecular weight excluding hydrogens is 566 g/mol. The number of amides is 1. The van der Waals surface area contributed by atoms with Gasteiger partial charge >= 0.3 is 12.1 Å². The van der Waals surface area contributed by atoms with E-state index in [1.165, 1.54) is 22.0 Å². The first-order valence-corrected chi connectivity index (χ1v) is 16.1. The van der Waals surface area contributed by atoms with E-state index in [0.29, 0.717) is 44.7 Å². The fourth-order valence-electron chi connectivity index (χ4n) is 6.86. The number of fused-ring (bicyclic) bond motifs is 2. The summed E-state index contributed by atoms with van der Waals surface area (Å²) < 4.78 is 12.0. The van der Waals surface area contributed by atoms with E-state index in [0.717, 1.165) is 49.6 Å². The van der Waals surface area contributed by atoms with E-state index in [1.807, 2.05) is 20.8 Å². The molecule has 238 valence electrons. The number of likely N-dealkylation sites (tertiary alicyclic amines) is 1. The van der Waals surface area contributed by atoms with Gasteiger partial charge in [-0.05, 0) is 71.1 Å². The van der Waals surface area contributed by atoms with E-state index >= 15 is 0 Å². The predicted molar refractivity (Wildman–Crippen MR) is 176 cm³/mol. The zero-order valence-corrected chi connectivity index (χ0v) is 27.3. The van der Waals surface area contributed by atoms with Crippen LogP contribution < -0.4 is 14.5 Å². The Kier molecular flexibility index (Phi) is 8.74. The summed E-state index contributed by atoms with van der Waals surface area (Å²) in [5, 5.41) is 12.1. The molecule has 0 aliphatic carbocycles. The number of hydrogen-bond donors (Lipinski definition) is 0. The second kappa shape index (κ2) is 12.7. The zero-order valence-electron chi connectivity index (χ0n) is 27.3. The van der Waals surface area contributed by atoms with E-state index < -0.39 is 5.60 Å². The first-order valence-electron chi connectivity index (χ1n) is 16.1. The third kappa shape index (κ3) is 6.94. The van der Waals surface area contributed by atoms with Crippen molar-refractivity contribution >= 4 is 28.4 Å². The maximum absolute atomic E-state index is 13.1. The van der Waals surface area contributed by atoms with E-state index in [4.69, 9.17) is 19.4 Å². The van der Waals surface area contributed by atoms with Crippen molar-refractivity contribution in [3.05, 3.63) is 53.2 Å². The van der Waals surface area contributed by atoms with Gasteiger partial charge in [-0.15, -0.1) is 0 Å². The molecule has 2 saturated heterocycles. The Labute approximate surface area is 266 Å². The monoisotopic (exact) mass is 611 g/mol. The molecule has 1 unspecified atom stereocenters. The summed E-state index contributed by atoms with van der Waals surface area (Å²) in [6.07, 6.45) is 1.73. The SMILES string of the molecule is Cc1cc(N2CCc3c(nc(OC[C@@H]4CCN(C)C4)nc3N3CCN(C(=O)OC(C)(C)C)C(CC#N)C3)C2)c2ccccc2c1. The lowest BCUT2D eigenvalue weighted by molar-refractivity contribution is 0.0144. The molecule has 45 heavy (non-hydrogen) atoms. The van der Waals surface area contributed by atoms with Crippen LogP contribution in [0, 0.1) is 24.2 Å². The molecule has 3 aliphatic rings. The molecule has 4 heterocycles. The number of aryl methyl sites for hydroxylation is 1. The van der Waals surface area contributed by atoms with Crippen molar-refractivity contribution in [3.63, 3.8) is 0 Å². The molecule has 3 aliphatic heterocycles. The molecule has 0 saturated carbocycles. The molecule has 0 radical (unpaired) electrons. The van der Waals surface area contributed by atoms with Crippen molar-refractivity contribution in [2.24, 2.45) is 5.92 Å². The van der Waals surface area contributed by atoms with Gasteiger partial charge in [0.25, 0.3) is 0 Å². The van der Waals surface area contributed by atoms with Crippen LogP contribution in [0.1, 0.15) is 50.4 Å². The van der Waals surface area contributed by atoms with Gasteiger partial charge in [0.05, 0.1) is 37.4 Å². The van der Waals surface area contributed by atoms with Crippen LogP contribution in [0.2, 0.25) is 0 Å². The Morgan fingerprint density at radius 3 is 2.64 bits per heavy atom. The number of rotatable bonds is 6. The molecule has 2 aromatic carbocycles. The van der Waals surface area contributed by atoms with Gasteiger partial charge < -0.3 is 29.1 Å². The molecule has 6 rings (SSSR count). The lowest BCUT2D eigenvalue weighted by Crippen LogP contribution is -2.56. The van der Waals surface area contributed by atoms with Crippen LogP contribution in [-0.4, -0.2) is 90.4 Å². The van der Waals surface area contributed by atoms with Crippen molar-refractivity contribution < 1.29 is 14.3 Å². The molecular formula is C35H45N7O3. The van der Waals surface area contributed by atoms with Gasteiger partial charge in [0.15, 0.2) is 0 Å². The second-order valence-corrected chi connectivity index (χ2v) is 13.8. The zero-order chi connectivity index (χ0) is 31.7. The van der Waals surface area contributed by atoms with Gasteiger partial charge in [0.1, 0.15) is 11.4 Å². The summed E-state index contributed by atoms with van der Waals surface area (Å²) in [4.78, 5) is 31.8. The minimum absolute atomic E-state index is 0.218. The Hall–Kier alpha value is -4.10. The molecule has 1 amide bonds. The summed E-state index contributed by atoms with van der Waals surface area (Å²) >= 11 is 0. The number of carbonyl (C=O) groups is 1. The Bertz CT molecular complexity index is 1600. The number of carbonyl (C=O) groups excluding carboxylic acids is 1. The van der Waals surface area contributed by atoms with Crippen LogP contribution in [0.4, 0.5) is 16.3 Å². The Morgan fingerprint density at radius 2 is 1.89 bits per heavy atom. The first kappa shape index (κ1) is 30.9. The van der Waals surface area contributed by atoms with Crippen LogP contribution in [0.15, 0.2) is 36.4 Å². The first-order chi connectivity index (χ1) is 21.6. The van der Waals surface area contributed by atoms with Crippen LogP contribution in [-0.2, 0) is 17.7 Å². The number of benzene rings is 2. The average molecular weight is 612 g/mol. The van der Waals surface area contributed by atoms with Crippen molar-refractivity contribution in [1.82, 2.24) is 19.8 Å². The second-order valence-electron chi connectivity index (χ2n) is 13.8. The van der Waals surface area contributed by atoms with Crippen molar-refractivity contribution in [2.75, 3.05) is 62.7 Å². The van der Waals surface area contributed by atoms with Gasteiger partial charge in [-0.2, -0.15) is 15.2 Å².